The van der Waals surface area contributed by atoms with Crippen LogP contribution in [0, 0.1) is 5.82 Å². The van der Waals surface area contributed by atoms with E-state index in [9.17, 15) is 4.39 Å². The van der Waals surface area contributed by atoms with Gasteiger partial charge in [0.05, 0.1) is 13.2 Å². The molecule has 1 atom stereocenters. The maximum atomic E-state index is 14.0. The normalized spacial score (nSPS) is 22.0. The Morgan fingerprint density at radius 2 is 1.91 bits per heavy atom. The lowest BCUT2D eigenvalue weighted by Gasteiger charge is -2.47. The number of halogens is 1. The van der Waals surface area contributed by atoms with Crippen LogP contribution in [-0.4, -0.2) is 68.3 Å². The van der Waals surface area contributed by atoms with Crippen molar-refractivity contribution in [3.63, 3.8) is 0 Å². The topological polar surface area (TPSA) is 41.7 Å². The summed E-state index contributed by atoms with van der Waals surface area (Å²) in [5.74, 6) is 0.129. The number of nitrogens with zero attached hydrogens (tertiary/aromatic N) is 2. The van der Waals surface area contributed by atoms with Crippen molar-refractivity contribution >= 4 is 0 Å². The van der Waals surface area contributed by atoms with Gasteiger partial charge in [0.15, 0.2) is 0 Å². The summed E-state index contributed by atoms with van der Waals surface area (Å²) in [5, 5.41) is 0. The molecule has 0 amide bonds. The van der Waals surface area contributed by atoms with E-state index in [0.29, 0.717) is 12.6 Å². The number of rotatable bonds is 7. The fraction of sp³-hybridized carbons (Fsp3) is 0.667. The van der Waals surface area contributed by atoms with Crippen LogP contribution < -0.4 is 5.73 Å². The third-order valence-corrected chi connectivity index (χ3v) is 5.15. The fourth-order valence-corrected chi connectivity index (χ4v) is 3.70. The molecule has 0 spiro atoms. The minimum absolute atomic E-state index is 0.0965. The van der Waals surface area contributed by atoms with Gasteiger partial charge in [-0.2, -0.15) is 0 Å². The molecule has 23 heavy (non-hydrogen) atoms. The highest BCUT2D eigenvalue weighted by Gasteiger charge is 2.32. The molecule has 128 valence electrons. The summed E-state index contributed by atoms with van der Waals surface area (Å²) in [6.07, 6.45) is 1.83. The number of ether oxygens (including phenoxy) is 1. The van der Waals surface area contributed by atoms with Gasteiger partial charge in [0.25, 0.3) is 0 Å². The molecular weight excluding hydrogens is 293 g/mol. The molecule has 0 radical (unpaired) electrons. The zero-order valence-corrected chi connectivity index (χ0v) is 13.8. The molecule has 2 saturated heterocycles. The average molecular weight is 321 g/mol. The quantitative estimate of drug-likeness (QED) is 0.829. The summed E-state index contributed by atoms with van der Waals surface area (Å²) >= 11 is 0. The molecule has 3 rings (SSSR count). The molecule has 1 aromatic rings. The molecule has 0 aromatic heterocycles. The smallest absolute Gasteiger partial charge is 0.126 e. The van der Waals surface area contributed by atoms with E-state index in [1.54, 1.807) is 12.1 Å². The second-order valence-corrected chi connectivity index (χ2v) is 6.65. The van der Waals surface area contributed by atoms with Crippen LogP contribution in [0.2, 0.25) is 0 Å². The van der Waals surface area contributed by atoms with Gasteiger partial charge >= 0.3 is 0 Å². The first-order chi connectivity index (χ1) is 11.3. The van der Waals surface area contributed by atoms with Gasteiger partial charge in [-0.25, -0.2) is 4.39 Å². The highest BCUT2D eigenvalue weighted by atomic mass is 19.1. The molecule has 0 saturated carbocycles. The van der Waals surface area contributed by atoms with Crippen molar-refractivity contribution in [2.75, 3.05) is 52.5 Å². The molecule has 0 unspecified atom stereocenters. The van der Waals surface area contributed by atoms with Gasteiger partial charge in [0.2, 0.25) is 0 Å². The number of benzene rings is 1. The lowest BCUT2D eigenvalue weighted by Crippen LogP contribution is -2.61. The second kappa shape index (κ2) is 8.20. The molecule has 2 N–H and O–H groups in total. The first kappa shape index (κ1) is 16.8. The van der Waals surface area contributed by atoms with Crippen molar-refractivity contribution in [2.45, 2.75) is 24.8 Å². The Balaban J connectivity index is 1.46. The predicted octanol–water partition coefficient (Wildman–Crippen LogP) is 1.66. The lowest BCUT2D eigenvalue weighted by atomic mass is 9.91. The molecule has 0 aliphatic carbocycles. The molecule has 1 aromatic carbocycles. The summed E-state index contributed by atoms with van der Waals surface area (Å²) in [6, 6.07) is 7.81. The number of likely N-dealkylation sites (tertiary alicyclic amines) is 1. The summed E-state index contributed by atoms with van der Waals surface area (Å²) in [5.41, 5.74) is 6.56. The molecule has 0 bridgehead atoms. The van der Waals surface area contributed by atoms with Crippen LogP contribution >= 0.6 is 0 Å². The Morgan fingerprint density at radius 3 is 2.61 bits per heavy atom. The van der Waals surface area contributed by atoms with E-state index in [2.05, 4.69) is 9.80 Å². The highest BCUT2D eigenvalue weighted by molar-refractivity contribution is 5.21. The largest absolute Gasteiger partial charge is 0.379 e. The van der Waals surface area contributed by atoms with Crippen molar-refractivity contribution in [3.8, 4) is 0 Å². The monoisotopic (exact) mass is 321 g/mol. The molecule has 4 nitrogen and oxygen atoms in total. The Labute approximate surface area is 138 Å². The highest BCUT2D eigenvalue weighted by Crippen LogP contribution is 2.27. The van der Waals surface area contributed by atoms with Gasteiger partial charge in [-0.15, -0.1) is 0 Å². The van der Waals surface area contributed by atoms with Crippen LogP contribution in [0.4, 0.5) is 4.39 Å². The van der Waals surface area contributed by atoms with Crippen molar-refractivity contribution in [3.05, 3.63) is 35.6 Å². The van der Waals surface area contributed by atoms with Crippen LogP contribution in [0.15, 0.2) is 24.3 Å². The minimum atomic E-state index is -0.0965. The van der Waals surface area contributed by atoms with Gasteiger partial charge in [-0.3, -0.25) is 4.90 Å². The number of nitrogens with two attached hydrogens (primary N) is 1. The molecule has 2 aliphatic heterocycles. The molecular formula is C18H28FN3O. The molecule has 2 aliphatic rings. The van der Waals surface area contributed by atoms with Gasteiger partial charge in [0.1, 0.15) is 5.82 Å². The minimum Gasteiger partial charge on any atom is -0.379 e. The maximum Gasteiger partial charge on any atom is 0.126 e. The van der Waals surface area contributed by atoms with E-state index in [-0.39, 0.29) is 11.7 Å². The van der Waals surface area contributed by atoms with Crippen molar-refractivity contribution < 1.29 is 9.13 Å². The third kappa shape index (κ3) is 4.29. The summed E-state index contributed by atoms with van der Waals surface area (Å²) in [4.78, 5) is 5.01. The number of hydrogen-bond acceptors (Lipinski definition) is 4. The van der Waals surface area contributed by atoms with Crippen LogP contribution in [0.25, 0.3) is 0 Å². The van der Waals surface area contributed by atoms with E-state index < -0.39 is 0 Å². The first-order valence-corrected chi connectivity index (χ1v) is 8.76. The van der Waals surface area contributed by atoms with Crippen molar-refractivity contribution in [1.29, 1.82) is 0 Å². The zero-order valence-electron chi connectivity index (χ0n) is 13.8. The predicted molar refractivity (Wildman–Crippen MR) is 90.0 cm³/mol. The standard InChI is InChI=1S/C18H28FN3O/c19-18-4-2-1-3-17(18)15(5-7-20)6-8-21-13-16(14-21)22-9-11-23-12-10-22/h1-4,15-16H,5-14,20H2/t15-/m0/s1. The van der Waals surface area contributed by atoms with Gasteiger partial charge in [-0.1, -0.05) is 18.2 Å². The van der Waals surface area contributed by atoms with E-state index >= 15 is 0 Å². The van der Waals surface area contributed by atoms with E-state index in [1.807, 2.05) is 12.1 Å². The van der Waals surface area contributed by atoms with Crippen molar-refractivity contribution in [2.24, 2.45) is 5.73 Å². The summed E-state index contributed by atoms with van der Waals surface area (Å²) < 4.78 is 19.4. The molecule has 5 heteroatoms. The Morgan fingerprint density at radius 1 is 1.17 bits per heavy atom. The zero-order chi connectivity index (χ0) is 16.1. The van der Waals surface area contributed by atoms with E-state index in [4.69, 9.17) is 10.5 Å². The lowest BCUT2D eigenvalue weighted by molar-refractivity contribution is -0.0325. The maximum absolute atomic E-state index is 14.0. The summed E-state index contributed by atoms with van der Waals surface area (Å²) in [6.45, 7) is 7.74. The fourth-order valence-electron chi connectivity index (χ4n) is 3.70. The number of hydrogen-bond donors (Lipinski definition) is 1. The SMILES string of the molecule is NCC[C@@H](CCN1CC(N2CCOCC2)C1)c1ccccc1F. The Hall–Kier alpha value is -1.01. The van der Waals surface area contributed by atoms with E-state index in [0.717, 1.165) is 64.3 Å². The van der Waals surface area contributed by atoms with Gasteiger partial charge in [0, 0.05) is 32.2 Å². The van der Waals surface area contributed by atoms with E-state index in [1.165, 1.54) is 0 Å². The first-order valence-electron chi connectivity index (χ1n) is 8.76. The molecule has 2 heterocycles. The van der Waals surface area contributed by atoms with Gasteiger partial charge in [-0.05, 0) is 43.5 Å². The second-order valence-electron chi connectivity index (χ2n) is 6.65. The Kier molecular flexibility index (Phi) is 6.00. The van der Waals surface area contributed by atoms with Crippen LogP contribution in [0.5, 0.6) is 0 Å². The van der Waals surface area contributed by atoms with Crippen LogP contribution in [0.3, 0.4) is 0 Å². The van der Waals surface area contributed by atoms with Crippen LogP contribution in [-0.2, 0) is 4.74 Å². The molecule has 2 fully saturated rings. The van der Waals surface area contributed by atoms with Crippen LogP contribution in [0.1, 0.15) is 24.3 Å². The summed E-state index contributed by atoms with van der Waals surface area (Å²) in [7, 11) is 0. The average Bonchev–Trinajstić information content (AvgIpc) is 2.54. The Bertz CT molecular complexity index is 487. The van der Waals surface area contributed by atoms with Gasteiger partial charge < -0.3 is 15.4 Å². The van der Waals surface area contributed by atoms with Crippen molar-refractivity contribution in [1.82, 2.24) is 9.80 Å². The number of morpholine rings is 1. The third-order valence-electron chi connectivity index (χ3n) is 5.15.